The Hall–Kier alpha value is -1.83. The van der Waals surface area contributed by atoms with E-state index in [9.17, 15) is 5.11 Å². The van der Waals surface area contributed by atoms with Crippen molar-refractivity contribution in [3.63, 3.8) is 0 Å². The highest BCUT2D eigenvalue weighted by atomic mass is 32.2. The molecule has 118 valence electrons. The zero-order chi connectivity index (χ0) is 15.9. The van der Waals surface area contributed by atoms with Crippen LogP contribution in [0, 0.1) is 6.92 Å². The molecule has 0 fully saturated rings. The summed E-state index contributed by atoms with van der Waals surface area (Å²) in [5, 5.41) is 21.6. The van der Waals surface area contributed by atoms with E-state index >= 15 is 0 Å². The van der Waals surface area contributed by atoms with Gasteiger partial charge < -0.3 is 21.3 Å². The van der Waals surface area contributed by atoms with Crippen LogP contribution in [0.3, 0.4) is 0 Å². The van der Waals surface area contributed by atoms with Crippen LogP contribution in [0.2, 0.25) is 0 Å². The van der Waals surface area contributed by atoms with Crippen molar-refractivity contribution < 1.29 is 10.2 Å². The van der Waals surface area contributed by atoms with Gasteiger partial charge in [-0.3, -0.25) is 0 Å². The highest BCUT2D eigenvalue weighted by Gasteiger charge is 2.06. The Kier molecular flexibility index (Phi) is 6.00. The van der Waals surface area contributed by atoms with Crippen molar-refractivity contribution in [3.8, 4) is 0 Å². The van der Waals surface area contributed by atoms with Crippen LogP contribution in [0.5, 0.6) is 0 Å². The highest BCUT2D eigenvalue weighted by Crippen LogP contribution is 2.22. The van der Waals surface area contributed by atoms with Crippen molar-refractivity contribution in [2.75, 3.05) is 24.2 Å². The molecule has 1 atom stereocenters. The monoisotopic (exact) mass is 320 g/mol. The topological polar surface area (TPSA) is 104 Å². The van der Waals surface area contributed by atoms with Gasteiger partial charge in [0.2, 0.25) is 0 Å². The average molecular weight is 320 g/mol. The molecule has 5 N–H and O–H groups in total. The number of thioether (sulfide) groups is 1. The fourth-order valence-electron chi connectivity index (χ4n) is 1.72. The summed E-state index contributed by atoms with van der Waals surface area (Å²) < 4.78 is 0. The van der Waals surface area contributed by atoms with Crippen LogP contribution in [0.25, 0.3) is 0 Å². The Morgan fingerprint density at radius 2 is 2.00 bits per heavy atom. The third-order valence-corrected chi connectivity index (χ3v) is 3.86. The number of nitrogens with zero attached hydrogens (tertiary/aromatic N) is 2. The lowest BCUT2D eigenvalue weighted by Crippen LogP contribution is -2.23. The second kappa shape index (κ2) is 7.98. The number of nitrogen functional groups attached to an aromatic ring is 1. The summed E-state index contributed by atoms with van der Waals surface area (Å²) in [5.74, 6) is 1.65. The van der Waals surface area contributed by atoms with Crippen LogP contribution >= 0.6 is 11.8 Å². The Labute approximate surface area is 133 Å². The number of aliphatic hydroxyl groups is 2. The molecule has 0 aliphatic heterocycles. The first-order valence-electron chi connectivity index (χ1n) is 6.92. The van der Waals surface area contributed by atoms with Gasteiger partial charge in [-0.1, -0.05) is 41.6 Å². The molecule has 22 heavy (non-hydrogen) atoms. The smallest absolute Gasteiger partial charge is 0.191 e. The molecule has 1 aromatic carbocycles. The molecular formula is C15H20N4O2S. The first kappa shape index (κ1) is 16.5. The summed E-state index contributed by atoms with van der Waals surface area (Å²) in [6.07, 6.45) is -0.833. The fraction of sp³-hybridized carbons (Fsp3) is 0.333. The maximum absolute atomic E-state index is 9.34. The number of nitrogens with one attached hydrogen (secondary N) is 1. The molecule has 1 aromatic heterocycles. The van der Waals surface area contributed by atoms with Crippen molar-refractivity contribution in [2.45, 2.75) is 23.9 Å². The number of aryl methyl sites for hydroxylation is 1. The van der Waals surface area contributed by atoms with E-state index in [1.165, 1.54) is 22.9 Å². The van der Waals surface area contributed by atoms with E-state index < -0.39 is 6.10 Å². The predicted molar refractivity (Wildman–Crippen MR) is 88.8 cm³/mol. The number of anilines is 2. The molecule has 2 aromatic rings. The van der Waals surface area contributed by atoms with Crippen molar-refractivity contribution in [1.82, 2.24) is 9.97 Å². The van der Waals surface area contributed by atoms with Gasteiger partial charge >= 0.3 is 0 Å². The Morgan fingerprint density at radius 1 is 1.27 bits per heavy atom. The largest absolute Gasteiger partial charge is 0.394 e. The second-order valence-electron chi connectivity index (χ2n) is 4.95. The van der Waals surface area contributed by atoms with E-state index in [1.54, 1.807) is 6.07 Å². The molecule has 0 aliphatic carbocycles. The summed E-state index contributed by atoms with van der Waals surface area (Å²) in [5.41, 5.74) is 8.18. The minimum atomic E-state index is -0.833. The van der Waals surface area contributed by atoms with E-state index in [0.29, 0.717) is 16.8 Å². The molecule has 0 radical (unpaired) electrons. The number of benzene rings is 1. The van der Waals surface area contributed by atoms with E-state index in [0.717, 1.165) is 5.75 Å². The van der Waals surface area contributed by atoms with Crippen LogP contribution in [-0.2, 0) is 5.75 Å². The molecule has 0 aliphatic rings. The van der Waals surface area contributed by atoms with Crippen LogP contribution in [0.15, 0.2) is 35.5 Å². The van der Waals surface area contributed by atoms with Gasteiger partial charge in [-0.25, -0.2) is 9.97 Å². The molecule has 0 amide bonds. The summed E-state index contributed by atoms with van der Waals surface area (Å²) in [4.78, 5) is 8.53. The van der Waals surface area contributed by atoms with Crippen molar-refractivity contribution in [3.05, 3.63) is 41.5 Å². The standard InChI is InChI=1S/C15H20N4O2S/c1-10-2-4-11(5-3-10)9-22-15-18-13(16)6-14(19-15)17-7-12(21)8-20/h2-6,12,20-21H,7-9H2,1H3,(H3,16,17,18,19)/t12-/m0/s1. The van der Waals surface area contributed by atoms with Gasteiger partial charge in [0.25, 0.3) is 0 Å². The van der Waals surface area contributed by atoms with Gasteiger partial charge in [0, 0.05) is 18.4 Å². The molecule has 1 heterocycles. The van der Waals surface area contributed by atoms with Gasteiger partial charge in [0.1, 0.15) is 11.6 Å². The summed E-state index contributed by atoms with van der Waals surface area (Å²) in [7, 11) is 0. The highest BCUT2D eigenvalue weighted by molar-refractivity contribution is 7.98. The Balaban J connectivity index is 1.98. The third-order valence-electron chi connectivity index (χ3n) is 2.94. The van der Waals surface area contributed by atoms with E-state index in [2.05, 4.69) is 46.5 Å². The van der Waals surface area contributed by atoms with Gasteiger partial charge in [-0.15, -0.1) is 0 Å². The number of rotatable bonds is 7. The lowest BCUT2D eigenvalue weighted by Gasteiger charge is -2.11. The fourth-order valence-corrected chi connectivity index (χ4v) is 2.54. The molecule has 6 nitrogen and oxygen atoms in total. The first-order chi connectivity index (χ1) is 10.6. The lowest BCUT2D eigenvalue weighted by atomic mass is 10.2. The van der Waals surface area contributed by atoms with Crippen LogP contribution in [0.1, 0.15) is 11.1 Å². The zero-order valence-electron chi connectivity index (χ0n) is 12.4. The maximum Gasteiger partial charge on any atom is 0.191 e. The summed E-state index contributed by atoms with van der Waals surface area (Å²) in [6.45, 7) is 1.95. The number of aliphatic hydroxyl groups excluding tert-OH is 2. The normalized spacial score (nSPS) is 12.1. The maximum atomic E-state index is 9.34. The number of nitrogens with two attached hydrogens (primary N) is 1. The molecule has 0 spiro atoms. The van der Waals surface area contributed by atoms with Crippen LogP contribution < -0.4 is 11.1 Å². The minimum absolute atomic E-state index is 0.203. The number of hydrogen-bond donors (Lipinski definition) is 4. The van der Waals surface area contributed by atoms with Gasteiger partial charge in [0.15, 0.2) is 5.16 Å². The van der Waals surface area contributed by atoms with Crippen LogP contribution in [0.4, 0.5) is 11.6 Å². The molecule has 0 saturated carbocycles. The van der Waals surface area contributed by atoms with Crippen molar-refractivity contribution >= 4 is 23.4 Å². The van der Waals surface area contributed by atoms with E-state index in [4.69, 9.17) is 10.8 Å². The van der Waals surface area contributed by atoms with Crippen molar-refractivity contribution in [1.29, 1.82) is 0 Å². The minimum Gasteiger partial charge on any atom is -0.394 e. The zero-order valence-corrected chi connectivity index (χ0v) is 13.2. The first-order valence-corrected chi connectivity index (χ1v) is 7.91. The molecule has 7 heteroatoms. The molecular weight excluding hydrogens is 300 g/mol. The molecule has 0 bridgehead atoms. The van der Waals surface area contributed by atoms with Gasteiger partial charge in [-0.05, 0) is 12.5 Å². The van der Waals surface area contributed by atoms with Gasteiger partial charge in [0.05, 0.1) is 12.7 Å². The average Bonchev–Trinajstić information content (AvgIpc) is 2.51. The lowest BCUT2D eigenvalue weighted by molar-refractivity contribution is 0.105. The quantitative estimate of drug-likeness (QED) is 0.452. The van der Waals surface area contributed by atoms with Gasteiger partial charge in [-0.2, -0.15) is 0 Å². The third kappa shape index (κ3) is 5.18. The van der Waals surface area contributed by atoms with Crippen LogP contribution in [-0.4, -0.2) is 39.4 Å². The van der Waals surface area contributed by atoms with Crippen molar-refractivity contribution in [2.24, 2.45) is 0 Å². The molecule has 0 saturated heterocycles. The number of hydrogen-bond acceptors (Lipinski definition) is 7. The molecule has 2 rings (SSSR count). The Morgan fingerprint density at radius 3 is 2.68 bits per heavy atom. The van der Waals surface area contributed by atoms with E-state index in [1.807, 2.05) is 0 Å². The SMILES string of the molecule is Cc1ccc(CSc2nc(N)cc(NC[C@H](O)CO)n2)cc1. The van der Waals surface area contributed by atoms with E-state index in [-0.39, 0.29) is 13.2 Å². The molecule has 0 unspecified atom stereocenters. The predicted octanol–water partition coefficient (Wildman–Crippen LogP) is 1.42. The summed E-state index contributed by atoms with van der Waals surface area (Å²) in [6, 6.07) is 9.88. The summed E-state index contributed by atoms with van der Waals surface area (Å²) >= 11 is 1.49. The number of aromatic nitrogens is 2. The Bertz CT molecular complexity index is 607. The second-order valence-corrected chi connectivity index (χ2v) is 5.89.